The van der Waals surface area contributed by atoms with Crippen LogP contribution in [0.3, 0.4) is 0 Å². The van der Waals surface area contributed by atoms with Gasteiger partial charge in [0, 0.05) is 24.4 Å². The van der Waals surface area contributed by atoms with Gasteiger partial charge < -0.3 is 0 Å². The zero-order chi connectivity index (χ0) is 16.6. The normalized spacial score (nSPS) is 11.4. The van der Waals surface area contributed by atoms with Crippen LogP contribution in [0, 0.1) is 0 Å². The molecule has 0 aliphatic carbocycles. The van der Waals surface area contributed by atoms with Crippen LogP contribution >= 0.6 is 11.3 Å². The highest BCUT2D eigenvalue weighted by Crippen LogP contribution is 2.25. The molecule has 0 radical (unpaired) electrons. The molecule has 0 N–H and O–H groups in total. The van der Waals surface area contributed by atoms with Gasteiger partial charge in [-0.3, -0.25) is 4.98 Å². The molecule has 0 fully saturated rings. The maximum Gasteiger partial charge on any atom is 0.234 e. The molecule has 0 spiro atoms. The number of aromatic nitrogens is 5. The number of benzene rings is 2. The topological polar surface area (TPSA) is 56.0 Å². The van der Waals surface area contributed by atoms with E-state index in [9.17, 15) is 0 Å². The molecule has 0 saturated carbocycles. The lowest BCUT2D eigenvalue weighted by Gasteiger charge is -2.04. The molecule has 3 aromatic heterocycles. The lowest BCUT2D eigenvalue weighted by atomic mass is 10.0. The fourth-order valence-corrected chi connectivity index (χ4v) is 3.87. The van der Waals surface area contributed by atoms with Crippen molar-refractivity contribution >= 4 is 27.1 Å². The maximum atomic E-state index is 4.73. The van der Waals surface area contributed by atoms with Crippen LogP contribution in [-0.4, -0.2) is 24.8 Å². The highest BCUT2D eigenvalue weighted by atomic mass is 32.1. The predicted molar refractivity (Wildman–Crippen MR) is 98.6 cm³/mol. The lowest BCUT2D eigenvalue weighted by molar-refractivity contribution is 0.918. The van der Waals surface area contributed by atoms with E-state index in [0.29, 0.717) is 0 Å². The largest absolute Gasteiger partial charge is 0.264 e. The number of nitrogens with zero attached hydrogens (tertiary/aromatic N) is 5. The molecule has 0 saturated heterocycles. The summed E-state index contributed by atoms with van der Waals surface area (Å²) in [5, 5.41) is 16.8. The predicted octanol–water partition coefficient (Wildman–Crippen LogP) is 3.99. The van der Waals surface area contributed by atoms with E-state index in [2.05, 4.69) is 57.6 Å². The second kappa shape index (κ2) is 5.75. The fourth-order valence-electron chi connectivity index (χ4n) is 3.01. The van der Waals surface area contributed by atoms with E-state index in [1.54, 1.807) is 23.7 Å². The van der Waals surface area contributed by atoms with Gasteiger partial charge in [0.1, 0.15) is 5.01 Å². The van der Waals surface area contributed by atoms with E-state index in [-0.39, 0.29) is 0 Å². The molecule has 0 bridgehead atoms. The van der Waals surface area contributed by atoms with Crippen molar-refractivity contribution in [2.45, 2.75) is 6.42 Å². The third kappa shape index (κ3) is 2.47. The minimum absolute atomic E-state index is 0.725. The van der Waals surface area contributed by atoms with Gasteiger partial charge in [-0.2, -0.15) is 9.61 Å². The Hall–Kier alpha value is -3.12. The molecule has 5 aromatic rings. The Bertz CT molecular complexity index is 1170. The van der Waals surface area contributed by atoms with E-state index in [0.717, 1.165) is 27.8 Å². The minimum atomic E-state index is 0.725. The lowest BCUT2D eigenvalue weighted by Crippen LogP contribution is -1.94. The monoisotopic (exact) mass is 343 g/mol. The Balaban J connectivity index is 1.57. The van der Waals surface area contributed by atoms with E-state index >= 15 is 0 Å². The zero-order valence-electron chi connectivity index (χ0n) is 13.2. The van der Waals surface area contributed by atoms with Crippen LogP contribution in [0.4, 0.5) is 0 Å². The van der Waals surface area contributed by atoms with Gasteiger partial charge in [-0.1, -0.05) is 53.8 Å². The molecule has 6 heteroatoms. The van der Waals surface area contributed by atoms with Crippen molar-refractivity contribution in [2.24, 2.45) is 0 Å². The molecule has 0 unspecified atom stereocenters. The summed E-state index contributed by atoms with van der Waals surface area (Å²) < 4.78 is 1.81. The van der Waals surface area contributed by atoms with E-state index in [1.807, 2.05) is 16.6 Å². The Labute approximate surface area is 147 Å². The molecule has 5 rings (SSSR count). The van der Waals surface area contributed by atoms with Crippen molar-refractivity contribution in [1.82, 2.24) is 24.8 Å². The summed E-state index contributed by atoms with van der Waals surface area (Å²) in [7, 11) is 0. The second-order valence-electron chi connectivity index (χ2n) is 5.77. The van der Waals surface area contributed by atoms with Gasteiger partial charge in [-0.25, -0.2) is 0 Å². The number of pyridine rings is 1. The average Bonchev–Trinajstić information content (AvgIpc) is 3.23. The molecule has 0 atom stereocenters. The molecule has 120 valence electrons. The van der Waals surface area contributed by atoms with Gasteiger partial charge in [0.25, 0.3) is 0 Å². The summed E-state index contributed by atoms with van der Waals surface area (Å²) in [6.45, 7) is 0. The van der Waals surface area contributed by atoms with Gasteiger partial charge >= 0.3 is 0 Å². The molecule has 0 aliphatic rings. The molecule has 3 heterocycles. The maximum absolute atomic E-state index is 4.73. The highest BCUT2D eigenvalue weighted by Gasteiger charge is 2.14. The standard InChI is InChI=1S/C19H13N5S/c1-2-9-16-13(5-1)6-3-7-14(16)11-17-23-24-18(21-22-19(24)25-17)15-8-4-10-20-12-15/h1-10,12H,11H2. The first-order valence-corrected chi connectivity index (χ1v) is 8.78. The number of rotatable bonds is 3. The van der Waals surface area contributed by atoms with Crippen LogP contribution in [-0.2, 0) is 6.42 Å². The summed E-state index contributed by atoms with van der Waals surface area (Å²) in [6, 6.07) is 18.7. The highest BCUT2D eigenvalue weighted by molar-refractivity contribution is 7.16. The molecule has 0 aliphatic heterocycles. The van der Waals surface area contributed by atoms with Gasteiger partial charge in [-0.05, 0) is 28.5 Å². The first-order chi connectivity index (χ1) is 12.4. The van der Waals surface area contributed by atoms with Gasteiger partial charge in [0.2, 0.25) is 4.96 Å². The van der Waals surface area contributed by atoms with Crippen molar-refractivity contribution in [3.05, 3.63) is 77.6 Å². The quantitative estimate of drug-likeness (QED) is 0.497. The first-order valence-electron chi connectivity index (χ1n) is 7.97. The van der Waals surface area contributed by atoms with E-state index in [4.69, 9.17) is 5.10 Å². The number of fused-ring (bicyclic) bond motifs is 2. The summed E-state index contributed by atoms with van der Waals surface area (Å²) >= 11 is 1.57. The van der Waals surface area contributed by atoms with Crippen molar-refractivity contribution < 1.29 is 0 Å². The van der Waals surface area contributed by atoms with Crippen LogP contribution < -0.4 is 0 Å². The Morgan fingerprint density at radius 3 is 2.76 bits per heavy atom. The number of hydrogen-bond acceptors (Lipinski definition) is 5. The summed E-state index contributed by atoms with van der Waals surface area (Å²) in [5.41, 5.74) is 2.18. The van der Waals surface area contributed by atoms with Gasteiger partial charge in [0.15, 0.2) is 5.82 Å². The van der Waals surface area contributed by atoms with Crippen molar-refractivity contribution in [3.63, 3.8) is 0 Å². The molecule has 5 nitrogen and oxygen atoms in total. The van der Waals surface area contributed by atoms with Gasteiger partial charge in [0.05, 0.1) is 0 Å². The minimum Gasteiger partial charge on any atom is -0.264 e. The Kier molecular flexibility index (Phi) is 3.28. The van der Waals surface area contributed by atoms with Crippen molar-refractivity contribution in [1.29, 1.82) is 0 Å². The first kappa shape index (κ1) is 14.2. The SMILES string of the molecule is c1cncc(-c2nnc3sc(Cc4cccc5ccccc45)nn23)c1. The summed E-state index contributed by atoms with van der Waals surface area (Å²) in [6.07, 6.45) is 4.30. The molecular formula is C19H13N5S. The van der Waals surface area contributed by atoms with Crippen LogP contribution in [0.5, 0.6) is 0 Å². The van der Waals surface area contributed by atoms with E-state index in [1.165, 1.54) is 16.3 Å². The summed E-state index contributed by atoms with van der Waals surface area (Å²) in [5.74, 6) is 0.725. The van der Waals surface area contributed by atoms with Crippen molar-refractivity contribution in [3.8, 4) is 11.4 Å². The summed E-state index contributed by atoms with van der Waals surface area (Å²) in [4.78, 5) is 4.95. The van der Waals surface area contributed by atoms with Crippen LogP contribution in [0.15, 0.2) is 67.0 Å². The van der Waals surface area contributed by atoms with Crippen molar-refractivity contribution in [2.75, 3.05) is 0 Å². The molecule has 0 amide bonds. The fraction of sp³-hybridized carbons (Fsp3) is 0.0526. The third-order valence-electron chi connectivity index (χ3n) is 4.17. The van der Waals surface area contributed by atoms with Gasteiger partial charge in [-0.15, -0.1) is 10.2 Å². The zero-order valence-corrected chi connectivity index (χ0v) is 14.0. The molecule has 25 heavy (non-hydrogen) atoms. The van der Waals surface area contributed by atoms with Crippen LogP contribution in [0.1, 0.15) is 10.6 Å². The third-order valence-corrected chi connectivity index (χ3v) is 5.07. The second-order valence-corrected chi connectivity index (χ2v) is 6.81. The van der Waals surface area contributed by atoms with Crippen LogP contribution in [0.2, 0.25) is 0 Å². The average molecular weight is 343 g/mol. The Morgan fingerprint density at radius 1 is 0.920 bits per heavy atom. The molecule has 2 aromatic carbocycles. The smallest absolute Gasteiger partial charge is 0.234 e. The molecular weight excluding hydrogens is 330 g/mol. The number of hydrogen-bond donors (Lipinski definition) is 0. The van der Waals surface area contributed by atoms with E-state index < -0.39 is 0 Å². The van der Waals surface area contributed by atoms with Crippen LogP contribution in [0.25, 0.3) is 27.1 Å². The Morgan fingerprint density at radius 2 is 1.84 bits per heavy atom.